The van der Waals surface area contributed by atoms with Crippen LogP contribution in [0.4, 0.5) is 5.82 Å². The molecule has 1 aliphatic rings. The monoisotopic (exact) mass is 243 g/mol. The smallest absolute Gasteiger partial charge is 0.351 e. The molecule has 0 aliphatic carbocycles. The first-order valence-electron chi connectivity index (χ1n) is 4.89. The third-order valence-corrected chi connectivity index (χ3v) is 3.39. The third kappa shape index (κ3) is 2.21. The van der Waals surface area contributed by atoms with Crippen molar-refractivity contribution in [2.75, 3.05) is 24.7 Å². The Labute approximate surface area is 96.6 Å². The van der Waals surface area contributed by atoms with Gasteiger partial charge in [-0.05, 0) is 6.07 Å². The minimum Gasteiger partial charge on any atom is -0.393 e. The minimum atomic E-state index is -0.351. The number of rotatable bonds is 3. The zero-order valence-corrected chi connectivity index (χ0v) is 9.61. The van der Waals surface area contributed by atoms with E-state index < -0.39 is 0 Å². The molecule has 2 heterocycles. The van der Waals surface area contributed by atoms with Gasteiger partial charge in [-0.2, -0.15) is 4.98 Å². The molecule has 1 fully saturated rings. The number of anilines is 1. The lowest BCUT2D eigenvalue weighted by Gasteiger charge is -2.13. The van der Waals surface area contributed by atoms with E-state index in [1.54, 1.807) is 19.3 Å². The molecule has 1 aliphatic heterocycles. The van der Waals surface area contributed by atoms with Crippen molar-refractivity contribution in [1.82, 2.24) is 9.55 Å². The van der Waals surface area contributed by atoms with Crippen LogP contribution >= 0.6 is 11.8 Å². The van der Waals surface area contributed by atoms with Gasteiger partial charge in [0.1, 0.15) is 17.5 Å². The number of aromatic nitrogens is 2. The van der Waals surface area contributed by atoms with Gasteiger partial charge >= 0.3 is 5.69 Å². The molecule has 1 aromatic rings. The number of nitrogens with one attached hydrogen (secondary N) is 1. The van der Waals surface area contributed by atoms with Crippen molar-refractivity contribution in [2.24, 2.45) is 0 Å². The molecule has 0 amide bonds. The summed E-state index contributed by atoms with van der Waals surface area (Å²) in [7, 11) is 1.70. The fourth-order valence-electron chi connectivity index (χ4n) is 1.46. The van der Waals surface area contributed by atoms with Crippen molar-refractivity contribution < 1.29 is 9.84 Å². The Morgan fingerprint density at radius 1 is 1.81 bits per heavy atom. The maximum atomic E-state index is 11.6. The van der Waals surface area contributed by atoms with Crippen molar-refractivity contribution in [3.63, 3.8) is 0 Å². The molecule has 0 spiro atoms. The van der Waals surface area contributed by atoms with E-state index in [2.05, 4.69) is 10.3 Å². The van der Waals surface area contributed by atoms with Crippen molar-refractivity contribution in [3.8, 4) is 0 Å². The normalized spacial score (nSPS) is 24.6. The van der Waals surface area contributed by atoms with Crippen molar-refractivity contribution >= 4 is 17.6 Å². The van der Waals surface area contributed by atoms with Gasteiger partial charge in [-0.25, -0.2) is 4.79 Å². The van der Waals surface area contributed by atoms with E-state index in [-0.39, 0.29) is 24.0 Å². The van der Waals surface area contributed by atoms with E-state index in [9.17, 15) is 4.79 Å². The summed E-state index contributed by atoms with van der Waals surface area (Å²) < 4.78 is 6.90. The van der Waals surface area contributed by atoms with Gasteiger partial charge in [0, 0.05) is 19.0 Å². The maximum absolute atomic E-state index is 11.6. The topological polar surface area (TPSA) is 76.4 Å². The van der Waals surface area contributed by atoms with Crippen LogP contribution in [-0.4, -0.2) is 39.5 Å². The molecule has 0 radical (unpaired) electrons. The lowest BCUT2D eigenvalue weighted by atomic mass is 10.5. The van der Waals surface area contributed by atoms with Crippen LogP contribution in [0.5, 0.6) is 0 Å². The van der Waals surface area contributed by atoms with Crippen LogP contribution in [0.3, 0.4) is 0 Å². The van der Waals surface area contributed by atoms with E-state index in [4.69, 9.17) is 9.84 Å². The van der Waals surface area contributed by atoms with E-state index >= 15 is 0 Å². The van der Waals surface area contributed by atoms with E-state index in [0.717, 1.165) is 0 Å². The van der Waals surface area contributed by atoms with Gasteiger partial charge in [0.15, 0.2) is 0 Å². The molecule has 0 aromatic carbocycles. The Morgan fingerprint density at radius 2 is 2.62 bits per heavy atom. The first-order chi connectivity index (χ1) is 7.74. The number of thioether (sulfide) groups is 1. The third-order valence-electron chi connectivity index (χ3n) is 2.28. The van der Waals surface area contributed by atoms with Gasteiger partial charge in [-0.3, -0.25) is 4.57 Å². The second-order valence-electron chi connectivity index (χ2n) is 3.29. The fraction of sp³-hybridized carbons (Fsp3) is 0.556. The summed E-state index contributed by atoms with van der Waals surface area (Å²) in [6.45, 7) is -0.0437. The van der Waals surface area contributed by atoms with Crippen LogP contribution in [0.1, 0.15) is 6.23 Å². The summed E-state index contributed by atoms with van der Waals surface area (Å²) in [5.41, 5.74) is -0.600. The number of hydrogen-bond donors (Lipinski definition) is 2. The quantitative estimate of drug-likeness (QED) is 0.770. The molecular formula is C9H13N3O3S. The highest BCUT2D eigenvalue weighted by Gasteiger charge is 2.27. The zero-order valence-electron chi connectivity index (χ0n) is 8.79. The molecule has 2 rings (SSSR count). The summed E-state index contributed by atoms with van der Waals surface area (Å²) in [5.74, 6) is 1.18. The maximum Gasteiger partial charge on any atom is 0.351 e. The van der Waals surface area contributed by atoms with Crippen molar-refractivity contribution in [1.29, 1.82) is 0 Å². The lowest BCUT2D eigenvalue weighted by Crippen LogP contribution is -2.28. The average Bonchev–Trinajstić information content (AvgIpc) is 2.77. The highest BCUT2D eigenvalue weighted by atomic mass is 32.2. The van der Waals surface area contributed by atoms with Gasteiger partial charge in [-0.15, -0.1) is 11.8 Å². The predicted molar refractivity (Wildman–Crippen MR) is 61.5 cm³/mol. The van der Waals surface area contributed by atoms with Crippen LogP contribution in [0, 0.1) is 0 Å². The predicted octanol–water partition coefficient (Wildman–Crippen LogP) is -0.135. The van der Waals surface area contributed by atoms with Gasteiger partial charge in [0.05, 0.1) is 6.61 Å². The molecule has 0 unspecified atom stereocenters. The summed E-state index contributed by atoms with van der Waals surface area (Å²) >= 11 is 1.49. The molecular weight excluding hydrogens is 230 g/mol. The van der Waals surface area contributed by atoms with Gasteiger partial charge in [0.2, 0.25) is 0 Å². The Hall–Kier alpha value is -1.05. The summed E-state index contributed by atoms with van der Waals surface area (Å²) in [6.07, 6.45) is 1.31. The Bertz CT molecular complexity index is 423. The molecule has 2 atom stereocenters. The SMILES string of the molecule is CNc1ccn([C@@H]2CS[C@H](CO)O2)c(=O)n1. The highest BCUT2D eigenvalue weighted by molar-refractivity contribution is 8.00. The Morgan fingerprint density at radius 3 is 3.19 bits per heavy atom. The van der Waals surface area contributed by atoms with Crippen LogP contribution in [0.2, 0.25) is 0 Å². The number of aliphatic hydroxyl groups excluding tert-OH is 1. The molecule has 2 N–H and O–H groups in total. The average molecular weight is 243 g/mol. The van der Waals surface area contributed by atoms with Crippen LogP contribution in [0.15, 0.2) is 17.1 Å². The van der Waals surface area contributed by atoms with Crippen LogP contribution in [0.25, 0.3) is 0 Å². The van der Waals surface area contributed by atoms with E-state index in [1.807, 2.05) is 0 Å². The first-order valence-corrected chi connectivity index (χ1v) is 5.94. The number of aliphatic hydroxyl groups is 1. The molecule has 1 aromatic heterocycles. The standard InChI is InChI=1S/C9H13N3O3S/c1-10-6-2-3-12(9(14)11-6)7-5-16-8(4-13)15-7/h2-3,7-8,13H,4-5H2,1H3,(H,10,11,14)/t7-,8+/m0/s1. The van der Waals surface area contributed by atoms with Crippen LogP contribution in [-0.2, 0) is 4.74 Å². The highest BCUT2D eigenvalue weighted by Crippen LogP contribution is 2.30. The van der Waals surface area contributed by atoms with Crippen molar-refractivity contribution in [3.05, 3.63) is 22.7 Å². The molecule has 0 bridgehead atoms. The van der Waals surface area contributed by atoms with E-state index in [0.29, 0.717) is 11.6 Å². The lowest BCUT2D eigenvalue weighted by molar-refractivity contribution is -0.00629. The second-order valence-corrected chi connectivity index (χ2v) is 4.48. The Balaban J connectivity index is 2.19. The van der Waals surface area contributed by atoms with E-state index in [1.165, 1.54) is 16.3 Å². The van der Waals surface area contributed by atoms with Gasteiger partial charge < -0.3 is 15.2 Å². The number of ether oxygens (including phenoxy) is 1. The van der Waals surface area contributed by atoms with Gasteiger partial charge in [0.25, 0.3) is 0 Å². The molecule has 88 valence electrons. The zero-order chi connectivity index (χ0) is 11.5. The molecule has 0 saturated carbocycles. The van der Waals surface area contributed by atoms with Crippen molar-refractivity contribution in [2.45, 2.75) is 11.7 Å². The molecule has 6 nitrogen and oxygen atoms in total. The summed E-state index contributed by atoms with van der Waals surface area (Å²) in [5, 5.41) is 11.7. The minimum absolute atomic E-state index is 0.0437. The summed E-state index contributed by atoms with van der Waals surface area (Å²) in [6, 6.07) is 1.71. The molecule has 16 heavy (non-hydrogen) atoms. The number of hydrogen-bond acceptors (Lipinski definition) is 6. The number of nitrogens with zero attached hydrogens (tertiary/aromatic N) is 2. The second kappa shape index (κ2) is 4.86. The molecule has 1 saturated heterocycles. The van der Waals surface area contributed by atoms with Crippen LogP contribution < -0.4 is 11.0 Å². The van der Waals surface area contributed by atoms with Gasteiger partial charge in [-0.1, -0.05) is 0 Å². The summed E-state index contributed by atoms with van der Waals surface area (Å²) in [4.78, 5) is 15.5. The Kier molecular flexibility index (Phi) is 3.47. The largest absolute Gasteiger partial charge is 0.393 e. The first kappa shape index (κ1) is 11.4. The molecule has 7 heteroatoms. The fourth-order valence-corrected chi connectivity index (χ4v) is 2.39.